The molecule has 0 fully saturated rings. The summed E-state index contributed by atoms with van der Waals surface area (Å²) in [7, 11) is 0.710. The van der Waals surface area contributed by atoms with Gasteiger partial charge in [-0.2, -0.15) is 0 Å². The van der Waals surface area contributed by atoms with Crippen LogP contribution in [0.1, 0.15) is 47.9 Å². The van der Waals surface area contributed by atoms with E-state index >= 15 is 0 Å². The number of benzene rings is 1. The summed E-state index contributed by atoms with van der Waals surface area (Å²) in [6, 6.07) is 5.20. The van der Waals surface area contributed by atoms with Gasteiger partial charge >= 0.3 is 11.9 Å². The Morgan fingerprint density at radius 2 is 1.71 bits per heavy atom. The Morgan fingerprint density at radius 3 is 2.25 bits per heavy atom. The lowest BCUT2D eigenvalue weighted by Gasteiger charge is -2.31. The highest BCUT2D eigenvalue weighted by Crippen LogP contribution is 2.35. The molecule has 1 aromatic carbocycles. The van der Waals surface area contributed by atoms with Gasteiger partial charge in [0, 0.05) is 12.0 Å². The first-order valence-corrected chi connectivity index (χ1v) is 12.0. The summed E-state index contributed by atoms with van der Waals surface area (Å²) in [5.74, 6) is 1.46. The molecule has 0 aliphatic rings. The molecule has 7 heteroatoms. The first-order chi connectivity index (χ1) is 12.9. The number of nitrogens with one attached hydrogen (secondary N) is 1. The Morgan fingerprint density at radius 1 is 1.11 bits per heavy atom. The molecule has 6 nitrogen and oxygen atoms in total. The fourth-order valence-corrected chi connectivity index (χ4v) is 2.96. The van der Waals surface area contributed by atoms with Crippen LogP contribution < -0.4 is 5.32 Å². The molecule has 0 radical (unpaired) electrons. The lowest BCUT2D eigenvalue weighted by Crippen LogP contribution is -2.41. The molecule has 0 aliphatic carbocycles. The number of methoxy groups -OCH3 is 2. The molecule has 0 saturated heterocycles. The van der Waals surface area contributed by atoms with Crippen molar-refractivity contribution in [2.24, 2.45) is 0 Å². The largest absolute Gasteiger partial charge is 0.467 e. The minimum atomic E-state index is -1.82. The summed E-state index contributed by atoms with van der Waals surface area (Å²) in [6.07, 6.45) is 0.154. The van der Waals surface area contributed by atoms with Gasteiger partial charge < -0.3 is 14.8 Å². The highest BCUT2D eigenvalue weighted by Gasteiger charge is 2.33. The van der Waals surface area contributed by atoms with Gasteiger partial charge in [-0.15, -0.1) is 11.5 Å². The quantitative estimate of drug-likeness (QED) is 0.464. The van der Waals surface area contributed by atoms with Crippen LogP contribution in [0.5, 0.6) is 0 Å². The van der Waals surface area contributed by atoms with E-state index in [1.807, 2.05) is 0 Å². The molecule has 1 N–H and O–H groups in total. The number of hydrogen-bond acceptors (Lipinski definition) is 5. The number of amides is 1. The maximum absolute atomic E-state index is 12.5. The molecule has 1 amide bonds. The Bertz CT molecular complexity index is 799. The molecule has 0 spiro atoms. The lowest BCUT2D eigenvalue weighted by molar-refractivity contribution is -0.142. The molecule has 152 valence electrons. The van der Waals surface area contributed by atoms with Crippen molar-refractivity contribution in [2.45, 2.75) is 51.4 Å². The van der Waals surface area contributed by atoms with Crippen molar-refractivity contribution in [1.82, 2.24) is 5.32 Å². The minimum Gasteiger partial charge on any atom is -0.467 e. The Labute approximate surface area is 168 Å². The number of carbonyl (C=O) groups excluding carboxylic acids is 3. The fraction of sp³-hybridized carbons (Fsp3) is 0.476. The molecule has 0 aliphatic heterocycles. The Kier molecular flexibility index (Phi) is 8.00. The number of ether oxygens (including phenoxy) is 2. The van der Waals surface area contributed by atoms with E-state index in [2.05, 4.69) is 55.4 Å². The van der Waals surface area contributed by atoms with Crippen LogP contribution in [0.25, 0.3) is 0 Å². The van der Waals surface area contributed by atoms with E-state index in [-0.39, 0.29) is 22.6 Å². The van der Waals surface area contributed by atoms with Crippen LogP contribution in [0.4, 0.5) is 0 Å². The molecule has 0 heterocycles. The topological polar surface area (TPSA) is 81.7 Å². The molecule has 28 heavy (non-hydrogen) atoms. The molecule has 0 aromatic heterocycles. The van der Waals surface area contributed by atoms with Crippen molar-refractivity contribution in [3.8, 4) is 11.5 Å². The molecule has 0 unspecified atom stereocenters. The summed E-state index contributed by atoms with van der Waals surface area (Å²) < 4.78 is 9.46. The van der Waals surface area contributed by atoms with Gasteiger partial charge in [0.25, 0.3) is 5.91 Å². The number of rotatable bonds is 5. The van der Waals surface area contributed by atoms with Gasteiger partial charge in [-0.25, -0.2) is 9.59 Å². The third-order valence-electron chi connectivity index (χ3n) is 4.92. The summed E-state index contributed by atoms with van der Waals surface area (Å²) in [6.45, 7) is 10.8. The molecular weight excluding hydrogens is 374 g/mol. The number of hydrogen-bond donors (Lipinski definition) is 1. The number of esters is 2. The fourth-order valence-electron chi connectivity index (χ4n) is 2.04. The van der Waals surface area contributed by atoms with Crippen molar-refractivity contribution in [3.63, 3.8) is 0 Å². The summed E-state index contributed by atoms with van der Waals surface area (Å²) in [5, 5.41) is 2.74. The van der Waals surface area contributed by atoms with Crippen molar-refractivity contribution in [2.75, 3.05) is 14.2 Å². The second-order valence-electron chi connectivity index (χ2n) is 8.00. The molecule has 1 atom stereocenters. The van der Waals surface area contributed by atoms with Crippen molar-refractivity contribution < 1.29 is 23.9 Å². The van der Waals surface area contributed by atoms with Crippen molar-refractivity contribution in [1.29, 1.82) is 0 Å². The Balaban J connectivity index is 2.98. The zero-order chi connectivity index (χ0) is 21.5. The van der Waals surface area contributed by atoms with Crippen LogP contribution in [0.3, 0.4) is 0 Å². The third kappa shape index (κ3) is 6.24. The van der Waals surface area contributed by atoms with Crippen LogP contribution in [-0.2, 0) is 14.3 Å². The monoisotopic (exact) mass is 403 g/mol. The van der Waals surface area contributed by atoms with Gasteiger partial charge in [0.15, 0.2) is 0 Å². The average Bonchev–Trinajstić information content (AvgIpc) is 2.64. The van der Waals surface area contributed by atoms with Crippen LogP contribution in [0, 0.1) is 11.5 Å². The second-order valence-corrected chi connectivity index (χ2v) is 13.0. The van der Waals surface area contributed by atoms with Crippen LogP contribution >= 0.6 is 0 Å². The maximum atomic E-state index is 12.5. The predicted molar refractivity (Wildman–Crippen MR) is 111 cm³/mol. The van der Waals surface area contributed by atoms with E-state index < -0.39 is 32.0 Å². The normalized spacial score (nSPS) is 12.2. The van der Waals surface area contributed by atoms with Crippen molar-refractivity contribution >= 4 is 25.9 Å². The summed E-state index contributed by atoms with van der Waals surface area (Å²) in [5.41, 5.74) is 3.82. The number of carbonyl (C=O) groups is 3. The average molecular weight is 404 g/mol. The second kappa shape index (κ2) is 9.56. The van der Waals surface area contributed by atoms with E-state index in [0.717, 1.165) is 0 Å². The lowest BCUT2D eigenvalue weighted by atomic mass is 10.1. The van der Waals surface area contributed by atoms with Crippen molar-refractivity contribution in [3.05, 3.63) is 35.4 Å². The van der Waals surface area contributed by atoms with Gasteiger partial charge in [-0.1, -0.05) is 39.9 Å². The van der Waals surface area contributed by atoms with Gasteiger partial charge in [0.1, 0.15) is 14.1 Å². The van der Waals surface area contributed by atoms with Gasteiger partial charge in [-0.05, 0) is 23.2 Å². The van der Waals surface area contributed by atoms with Gasteiger partial charge in [-0.3, -0.25) is 4.79 Å². The molecular formula is C21H29NO5Si. The summed E-state index contributed by atoms with van der Waals surface area (Å²) in [4.78, 5) is 36.3. The molecule has 1 aromatic rings. The van der Waals surface area contributed by atoms with E-state index in [9.17, 15) is 14.4 Å². The van der Waals surface area contributed by atoms with Gasteiger partial charge in [0.2, 0.25) is 0 Å². The molecule has 1 rings (SSSR count). The highest BCUT2D eigenvalue weighted by atomic mass is 28.3. The standard InChI is InChI=1S/C21H29NO5Si/c1-21(2,3)28(6,7)13-9-12-17(20(25)27-5)22-18(23)15-10-8-11-16(14-15)19(24)26-4/h8,10-11,14,17H,12H2,1-7H3,(H,22,23)/t17-/m0/s1. The molecule has 0 bridgehead atoms. The zero-order valence-corrected chi connectivity index (χ0v) is 18.6. The van der Waals surface area contributed by atoms with E-state index in [0.29, 0.717) is 0 Å². The molecule has 0 saturated carbocycles. The smallest absolute Gasteiger partial charge is 0.337 e. The zero-order valence-electron chi connectivity index (χ0n) is 17.6. The van der Waals surface area contributed by atoms with E-state index in [1.165, 1.54) is 20.3 Å². The maximum Gasteiger partial charge on any atom is 0.337 e. The third-order valence-corrected chi connectivity index (χ3v) is 9.47. The van der Waals surface area contributed by atoms with Gasteiger partial charge in [0.05, 0.1) is 19.8 Å². The SMILES string of the molecule is COC(=O)c1cccc(C(=O)N[C@@H](CC#C[Si](C)(C)C(C)(C)C)C(=O)OC)c1. The van der Waals surface area contributed by atoms with E-state index in [4.69, 9.17) is 4.74 Å². The summed E-state index contributed by atoms with van der Waals surface area (Å²) >= 11 is 0. The Hall–Kier alpha value is -2.59. The minimum absolute atomic E-state index is 0.0956. The van der Waals surface area contributed by atoms with Crippen LogP contribution in [-0.4, -0.2) is 46.2 Å². The van der Waals surface area contributed by atoms with Crippen LogP contribution in [0.15, 0.2) is 24.3 Å². The van der Waals surface area contributed by atoms with E-state index in [1.54, 1.807) is 18.2 Å². The first-order valence-electron chi connectivity index (χ1n) is 9.00. The highest BCUT2D eigenvalue weighted by molar-refractivity contribution is 6.87. The predicted octanol–water partition coefficient (Wildman–Crippen LogP) is 3.19. The van der Waals surface area contributed by atoms with Crippen LogP contribution in [0.2, 0.25) is 18.1 Å². The first kappa shape index (κ1) is 23.4.